The number of fused-ring (bicyclic) bond motifs is 1. The molecule has 3 heterocycles. The summed E-state index contributed by atoms with van der Waals surface area (Å²) in [7, 11) is 1.50. The quantitative estimate of drug-likeness (QED) is 0.833. The molecule has 3 rings (SSSR count). The molecular formula is C12H12N4O2S. The molecule has 6 nitrogen and oxygen atoms in total. The van der Waals surface area contributed by atoms with Gasteiger partial charge >= 0.3 is 0 Å². The summed E-state index contributed by atoms with van der Waals surface area (Å²) in [6.07, 6.45) is 1.64. The maximum absolute atomic E-state index is 11.9. The van der Waals surface area contributed by atoms with Gasteiger partial charge in [-0.15, -0.1) is 11.3 Å². The highest BCUT2D eigenvalue weighted by atomic mass is 32.1. The number of rotatable bonds is 2. The summed E-state index contributed by atoms with van der Waals surface area (Å²) < 4.78 is 0.912. The van der Waals surface area contributed by atoms with Gasteiger partial charge in [0.25, 0.3) is 5.91 Å². The summed E-state index contributed by atoms with van der Waals surface area (Å²) in [6.45, 7) is 1.98. The number of hydrogen-bond acceptors (Lipinski definition) is 6. The molecule has 1 fully saturated rings. The van der Waals surface area contributed by atoms with Gasteiger partial charge in [0.05, 0.1) is 16.6 Å². The molecule has 1 aliphatic rings. The van der Waals surface area contributed by atoms with Crippen LogP contribution < -0.4 is 5.32 Å². The van der Waals surface area contributed by atoms with Crippen LogP contribution in [0.4, 0.5) is 5.82 Å². The van der Waals surface area contributed by atoms with Crippen LogP contribution in [0.25, 0.3) is 10.2 Å². The Morgan fingerprint density at radius 3 is 2.89 bits per heavy atom. The summed E-state index contributed by atoms with van der Waals surface area (Å²) in [5.74, 6) is 0.227. The molecule has 2 aromatic rings. The Balaban J connectivity index is 1.94. The normalized spacial score (nSPS) is 19.5. The van der Waals surface area contributed by atoms with Gasteiger partial charge < -0.3 is 5.32 Å². The predicted molar refractivity (Wildman–Crippen MR) is 72.0 cm³/mol. The van der Waals surface area contributed by atoms with Crippen molar-refractivity contribution in [3.63, 3.8) is 0 Å². The number of nitrogens with zero attached hydrogens (tertiary/aromatic N) is 3. The zero-order chi connectivity index (χ0) is 13.6. The highest BCUT2D eigenvalue weighted by molar-refractivity contribution is 7.18. The van der Waals surface area contributed by atoms with Gasteiger partial charge in [-0.1, -0.05) is 0 Å². The van der Waals surface area contributed by atoms with Crippen LogP contribution in [-0.4, -0.2) is 39.8 Å². The van der Waals surface area contributed by atoms with Crippen molar-refractivity contribution < 1.29 is 9.59 Å². The molecule has 1 atom stereocenters. The Labute approximate surface area is 113 Å². The molecule has 0 spiro atoms. The highest BCUT2D eigenvalue weighted by Crippen LogP contribution is 2.29. The van der Waals surface area contributed by atoms with Gasteiger partial charge in [-0.2, -0.15) is 0 Å². The van der Waals surface area contributed by atoms with Gasteiger partial charge in [-0.25, -0.2) is 9.97 Å². The van der Waals surface area contributed by atoms with Crippen molar-refractivity contribution in [2.45, 2.75) is 19.4 Å². The van der Waals surface area contributed by atoms with E-state index in [9.17, 15) is 9.59 Å². The number of amides is 2. The van der Waals surface area contributed by atoms with Crippen molar-refractivity contribution >= 4 is 39.2 Å². The largest absolute Gasteiger partial charge is 0.357 e. The number of nitrogens with one attached hydrogen (secondary N) is 1. The van der Waals surface area contributed by atoms with Crippen LogP contribution in [0.3, 0.4) is 0 Å². The minimum atomic E-state index is -0.530. The van der Waals surface area contributed by atoms with Gasteiger partial charge in [0, 0.05) is 7.05 Å². The number of aromatic nitrogens is 2. The third-order valence-corrected chi connectivity index (χ3v) is 4.32. The SMILES string of the molecule is Cc1csc2c(N[C@@H]3CC(=O)N(C)C3=O)ncnc12. The molecule has 1 aliphatic heterocycles. The average molecular weight is 276 g/mol. The average Bonchev–Trinajstić information content (AvgIpc) is 2.88. The number of carbonyl (C=O) groups is 2. The fourth-order valence-electron chi connectivity index (χ4n) is 2.11. The second-order valence-corrected chi connectivity index (χ2v) is 5.39. The molecule has 98 valence electrons. The first-order valence-electron chi connectivity index (χ1n) is 5.83. The first kappa shape index (κ1) is 12.0. The summed E-state index contributed by atoms with van der Waals surface area (Å²) >= 11 is 1.53. The molecule has 0 radical (unpaired) electrons. The fraction of sp³-hybridized carbons (Fsp3) is 0.333. The van der Waals surface area contributed by atoms with E-state index >= 15 is 0 Å². The number of likely N-dealkylation sites (tertiary alicyclic amines) is 1. The maximum Gasteiger partial charge on any atom is 0.251 e. The maximum atomic E-state index is 11.9. The molecule has 1 saturated heterocycles. The number of thiophene rings is 1. The molecule has 1 N–H and O–H groups in total. The van der Waals surface area contributed by atoms with Crippen LogP contribution in [0.5, 0.6) is 0 Å². The number of imide groups is 1. The third kappa shape index (κ3) is 1.86. The van der Waals surface area contributed by atoms with Gasteiger partial charge in [0.1, 0.15) is 18.2 Å². The highest BCUT2D eigenvalue weighted by Gasteiger charge is 2.36. The molecule has 0 aromatic carbocycles. The lowest BCUT2D eigenvalue weighted by molar-refractivity contribution is -0.136. The molecule has 2 amide bonds. The molecular weight excluding hydrogens is 264 g/mol. The summed E-state index contributed by atoms with van der Waals surface area (Å²) in [5.41, 5.74) is 1.96. The van der Waals surface area contributed by atoms with E-state index in [1.54, 1.807) is 0 Å². The van der Waals surface area contributed by atoms with E-state index in [0.717, 1.165) is 20.7 Å². The lowest BCUT2D eigenvalue weighted by atomic mass is 10.2. The van der Waals surface area contributed by atoms with Gasteiger partial charge in [-0.3, -0.25) is 14.5 Å². The van der Waals surface area contributed by atoms with Gasteiger partial charge in [-0.05, 0) is 17.9 Å². The number of likely N-dealkylation sites (N-methyl/N-ethyl adjacent to an activating group) is 1. The Morgan fingerprint density at radius 2 is 2.21 bits per heavy atom. The van der Waals surface area contributed by atoms with Crippen LogP contribution >= 0.6 is 11.3 Å². The molecule has 19 heavy (non-hydrogen) atoms. The molecule has 0 saturated carbocycles. The zero-order valence-electron chi connectivity index (χ0n) is 10.5. The predicted octanol–water partition coefficient (Wildman–Crippen LogP) is 1.17. The number of carbonyl (C=O) groups excluding carboxylic acids is 2. The number of hydrogen-bond donors (Lipinski definition) is 1. The first-order chi connectivity index (χ1) is 9.08. The first-order valence-corrected chi connectivity index (χ1v) is 6.71. The second-order valence-electron chi connectivity index (χ2n) is 4.51. The zero-order valence-corrected chi connectivity index (χ0v) is 11.3. The summed E-state index contributed by atoms with van der Waals surface area (Å²) in [5, 5.41) is 5.05. The van der Waals surface area contributed by atoms with Gasteiger partial charge in [0.2, 0.25) is 5.91 Å². The Kier molecular flexibility index (Phi) is 2.70. The molecule has 0 unspecified atom stereocenters. The standard InChI is InChI=1S/C12H12N4O2S/c1-6-4-19-10-9(6)13-5-14-11(10)15-7-3-8(17)16(2)12(7)18/h4-5,7H,3H2,1-2H3,(H,13,14,15)/t7-/m1/s1. The number of aryl methyl sites for hydroxylation is 1. The van der Waals surface area contributed by atoms with Crippen molar-refractivity contribution in [2.75, 3.05) is 12.4 Å². The smallest absolute Gasteiger partial charge is 0.251 e. The van der Waals surface area contributed by atoms with Crippen molar-refractivity contribution in [2.24, 2.45) is 0 Å². The minimum absolute atomic E-state index is 0.171. The Bertz CT molecular complexity index is 681. The second kappa shape index (κ2) is 4.27. The van der Waals surface area contributed by atoms with Crippen LogP contribution in [-0.2, 0) is 9.59 Å². The van der Waals surface area contributed by atoms with Crippen LogP contribution in [0.2, 0.25) is 0 Å². The minimum Gasteiger partial charge on any atom is -0.357 e. The van der Waals surface area contributed by atoms with Crippen LogP contribution in [0.15, 0.2) is 11.7 Å². The van der Waals surface area contributed by atoms with E-state index in [2.05, 4.69) is 15.3 Å². The Morgan fingerprint density at radius 1 is 1.42 bits per heavy atom. The van der Waals surface area contributed by atoms with E-state index in [0.29, 0.717) is 5.82 Å². The third-order valence-electron chi connectivity index (χ3n) is 3.22. The lowest BCUT2D eigenvalue weighted by Crippen LogP contribution is -2.32. The topological polar surface area (TPSA) is 75.2 Å². The van der Waals surface area contributed by atoms with Crippen molar-refractivity contribution in [3.05, 3.63) is 17.3 Å². The van der Waals surface area contributed by atoms with Crippen LogP contribution in [0, 0.1) is 6.92 Å². The molecule has 0 bridgehead atoms. The van der Waals surface area contributed by atoms with Crippen LogP contribution in [0.1, 0.15) is 12.0 Å². The molecule has 2 aromatic heterocycles. The van der Waals surface area contributed by atoms with Gasteiger partial charge in [0.15, 0.2) is 0 Å². The summed E-state index contributed by atoms with van der Waals surface area (Å²) in [4.78, 5) is 32.9. The fourth-order valence-corrected chi connectivity index (χ4v) is 3.06. The van der Waals surface area contributed by atoms with Crippen molar-refractivity contribution in [1.82, 2.24) is 14.9 Å². The van der Waals surface area contributed by atoms with E-state index < -0.39 is 6.04 Å². The lowest BCUT2D eigenvalue weighted by Gasteiger charge is -2.11. The monoisotopic (exact) mass is 276 g/mol. The van der Waals surface area contributed by atoms with Crippen molar-refractivity contribution in [3.8, 4) is 0 Å². The van der Waals surface area contributed by atoms with Crippen molar-refractivity contribution in [1.29, 1.82) is 0 Å². The molecule has 0 aliphatic carbocycles. The Hall–Kier alpha value is -2.02. The van der Waals surface area contributed by atoms with E-state index in [-0.39, 0.29) is 18.2 Å². The summed E-state index contributed by atoms with van der Waals surface area (Å²) in [6, 6.07) is -0.530. The van der Waals surface area contributed by atoms with E-state index in [1.807, 2.05) is 12.3 Å². The number of anilines is 1. The molecule has 7 heteroatoms. The van der Waals surface area contributed by atoms with E-state index in [4.69, 9.17) is 0 Å². The van der Waals surface area contributed by atoms with E-state index in [1.165, 1.54) is 24.7 Å².